The molecule has 0 radical (unpaired) electrons. The lowest BCUT2D eigenvalue weighted by Crippen LogP contribution is -2.21. The zero-order valence-corrected chi connectivity index (χ0v) is 12.8. The molecule has 0 saturated carbocycles. The normalized spacial score (nSPS) is 10.4. The summed E-state index contributed by atoms with van der Waals surface area (Å²) in [5, 5.41) is 6.65. The second kappa shape index (κ2) is 10.0. The maximum atomic E-state index is 10.7. The minimum absolute atomic E-state index is 0.154. The third kappa shape index (κ3) is 6.97. The number of rotatable bonds is 11. The average Bonchev–Trinajstić information content (AvgIpc) is 2.49. The van der Waals surface area contributed by atoms with Gasteiger partial charge in [-0.2, -0.15) is 0 Å². The fourth-order valence-electron chi connectivity index (χ4n) is 1.84. The Morgan fingerprint density at radius 2 is 2.00 bits per heavy atom. The summed E-state index contributed by atoms with van der Waals surface area (Å²) in [5.74, 6) is 0.610. The molecule has 118 valence electrons. The van der Waals surface area contributed by atoms with E-state index in [0.717, 1.165) is 38.2 Å². The molecule has 0 aliphatic rings. The summed E-state index contributed by atoms with van der Waals surface area (Å²) >= 11 is 0. The van der Waals surface area contributed by atoms with Gasteiger partial charge in [0.1, 0.15) is 0 Å². The van der Waals surface area contributed by atoms with Gasteiger partial charge >= 0.3 is 0 Å². The minimum atomic E-state index is -0.511. The molecule has 4 N–H and O–H groups in total. The van der Waals surface area contributed by atoms with E-state index >= 15 is 0 Å². The van der Waals surface area contributed by atoms with Crippen LogP contribution in [-0.4, -0.2) is 39.3 Å². The zero-order chi connectivity index (χ0) is 15.5. The molecular weight excluding hydrogens is 270 g/mol. The summed E-state index contributed by atoms with van der Waals surface area (Å²) in [5.41, 5.74) is 6.16. The maximum absolute atomic E-state index is 10.7. The summed E-state index contributed by atoms with van der Waals surface area (Å²) in [6, 6.07) is 5.63. The number of hydrogen-bond acceptors (Lipinski definition) is 5. The number of amides is 1. The van der Waals surface area contributed by atoms with Gasteiger partial charge in [0.15, 0.2) is 18.1 Å². The largest absolute Gasteiger partial charge is 0.493 e. The van der Waals surface area contributed by atoms with Crippen molar-refractivity contribution in [1.82, 2.24) is 10.6 Å². The lowest BCUT2D eigenvalue weighted by molar-refractivity contribution is -0.119. The van der Waals surface area contributed by atoms with E-state index in [-0.39, 0.29) is 6.61 Å². The molecule has 21 heavy (non-hydrogen) atoms. The quantitative estimate of drug-likeness (QED) is 0.522. The number of ether oxygens (including phenoxy) is 2. The smallest absolute Gasteiger partial charge is 0.255 e. The molecule has 6 nitrogen and oxygen atoms in total. The van der Waals surface area contributed by atoms with Gasteiger partial charge in [0.25, 0.3) is 5.91 Å². The number of benzene rings is 1. The monoisotopic (exact) mass is 295 g/mol. The van der Waals surface area contributed by atoms with Gasteiger partial charge in [-0.05, 0) is 43.8 Å². The predicted molar refractivity (Wildman–Crippen MR) is 82.6 cm³/mol. The third-order valence-corrected chi connectivity index (χ3v) is 2.88. The third-order valence-electron chi connectivity index (χ3n) is 2.88. The molecule has 1 rings (SSSR count). The number of carbonyl (C=O) groups is 1. The van der Waals surface area contributed by atoms with Crippen LogP contribution in [0.25, 0.3) is 0 Å². The zero-order valence-electron chi connectivity index (χ0n) is 12.8. The molecule has 0 aliphatic heterocycles. The van der Waals surface area contributed by atoms with Gasteiger partial charge in [-0.1, -0.05) is 13.0 Å². The number of nitrogens with two attached hydrogens (primary N) is 1. The van der Waals surface area contributed by atoms with Crippen LogP contribution in [0.1, 0.15) is 18.9 Å². The first kappa shape index (κ1) is 17.3. The first-order chi connectivity index (χ1) is 10.2. The van der Waals surface area contributed by atoms with E-state index in [1.165, 1.54) is 0 Å². The highest BCUT2D eigenvalue weighted by Crippen LogP contribution is 2.27. The van der Waals surface area contributed by atoms with Crippen LogP contribution in [0, 0.1) is 0 Å². The van der Waals surface area contributed by atoms with E-state index in [9.17, 15) is 4.79 Å². The van der Waals surface area contributed by atoms with E-state index < -0.39 is 5.91 Å². The van der Waals surface area contributed by atoms with Gasteiger partial charge in [-0.3, -0.25) is 4.79 Å². The summed E-state index contributed by atoms with van der Waals surface area (Å²) in [6.45, 7) is 5.68. The molecule has 0 aliphatic carbocycles. The molecule has 0 heterocycles. The second-order valence-electron chi connectivity index (χ2n) is 4.62. The summed E-state index contributed by atoms with van der Waals surface area (Å²) < 4.78 is 10.5. The Morgan fingerprint density at radius 1 is 1.24 bits per heavy atom. The highest BCUT2D eigenvalue weighted by molar-refractivity contribution is 5.75. The van der Waals surface area contributed by atoms with Crippen molar-refractivity contribution in [3.63, 3.8) is 0 Å². The van der Waals surface area contributed by atoms with Crippen LogP contribution in [0.3, 0.4) is 0 Å². The number of carbonyl (C=O) groups excluding carboxylic acids is 1. The Kier molecular flexibility index (Phi) is 8.23. The van der Waals surface area contributed by atoms with Crippen molar-refractivity contribution in [2.24, 2.45) is 5.73 Å². The van der Waals surface area contributed by atoms with Crippen molar-refractivity contribution < 1.29 is 14.3 Å². The SMILES string of the molecule is CCNCCCNCc1ccc(OCC(N)=O)c(OC)c1. The molecule has 0 aromatic heterocycles. The second-order valence-corrected chi connectivity index (χ2v) is 4.62. The summed E-state index contributed by atoms with van der Waals surface area (Å²) in [6.07, 6.45) is 1.09. The number of nitrogens with one attached hydrogen (secondary N) is 2. The number of hydrogen-bond donors (Lipinski definition) is 3. The highest BCUT2D eigenvalue weighted by atomic mass is 16.5. The van der Waals surface area contributed by atoms with Crippen molar-refractivity contribution in [1.29, 1.82) is 0 Å². The first-order valence-electron chi connectivity index (χ1n) is 7.16. The van der Waals surface area contributed by atoms with Crippen LogP contribution in [0.5, 0.6) is 11.5 Å². The van der Waals surface area contributed by atoms with Gasteiger partial charge in [-0.25, -0.2) is 0 Å². The number of primary amides is 1. The molecular formula is C15H25N3O3. The average molecular weight is 295 g/mol. The Balaban J connectivity index is 2.43. The Bertz CT molecular complexity index is 438. The molecule has 0 saturated heterocycles. The molecule has 0 unspecified atom stereocenters. The van der Waals surface area contributed by atoms with Gasteiger partial charge in [0, 0.05) is 6.54 Å². The first-order valence-corrected chi connectivity index (χ1v) is 7.16. The summed E-state index contributed by atoms with van der Waals surface area (Å²) in [4.78, 5) is 10.7. The van der Waals surface area contributed by atoms with Crippen LogP contribution in [0.15, 0.2) is 18.2 Å². The number of methoxy groups -OCH3 is 1. The van der Waals surface area contributed by atoms with Gasteiger partial charge in [0.2, 0.25) is 0 Å². The lowest BCUT2D eigenvalue weighted by atomic mass is 10.2. The van der Waals surface area contributed by atoms with Gasteiger partial charge < -0.3 is 25.8 Å². The van der Waals surface area contributed by atoms with Crippen molar-refractivity contribution in [2.75, 3.05) is 33.4 Å². The van der Waals surface area contributed by atoms with Crippen molar-refractivity contribution >= 4 is 5.91 Å². The van der Waals surface area contributed by atoms with E-state index in [4.69, 9.17) is 15.2 Å². The van der Waals surface area contributed by atoms with Gasteiger partial charge in [0.05, 0.1) is 7.11 Å². The van der Waals surface area contributed by atoms with Crippen LogP contribution in [0.2, 0.25) is 0 Å². The molecule has 1 aromatic rings. The fourth-order valence-corrected chi connectivity index (χ4v) is 1.84. The fraction of sp³-hybridized carbons (Fsp3) is 0.533. The standard InChI is InChI=1S/C15H25N3O3/c1-3-17-7-4-8-18-10-12-5-6-13(14(9-12)20-2)21-11-15(16)19/h5-6,9,17-18H,3-4,7-8,10-11H2,1-2H3,(H2,16,19). The molecule has 0 bridgehead atoms. The van der Waals surface area contributed by atoms with Crippen LogP contribution in [0.4, 0.5) is 0 Å². The van der Waals surface area contributed by atoms with E-state index in [1.54, 1.807) is 13.2 Å². The van der Waals surface area contributed by atoms with E-state index in [1.807, 2.05) is 12.1 Å². The molecule has 0 atom stereocenters. The van der Waals surface area contributed by atoms with Gasteiger partial charge in [-0.15, -0.1) is 0 Å². The van der Waals surface area contributed by atoms with Crippen molar-refractivity contribution in [3.8, 4) is 11.5 Å². The lowest BCUT2D eigenvalue weighted by Gasteiger charge is -2.11. The molecule has 1 amide bonds. The van der Waals surface area contributed by atoms with Crippen LogP contribution < -0.4 is 25.8 Å². The predicted octanol–water partition coefficient (Wildman–Crippen LogP) is 0.649. The van der Waals surface area contributed by atoms with Crippen LogP contribution >= 0.6 is 0 Å². The molecule has 0 fully saturated rings. The van der Waals surface area contributed by atoms with E-state index in [0.29, 0.717) is 11.5 Å². The molecule has 0 spiro atoms. The topological polar surface area (TPSA) is 85.6 Å². The molecule has 6 heteroatoms. The maximum Gasteiger partial charge on any atom is 0.255 e. The van der Waals surface area contributed by atoms with Crippen molar-refractivity contribution in [2.45, 2.75) is 19.9 Å². The minimum Gasteiger partial charge on any atom is -0.493 e. The van der Waals surface area contributed by atoms with Crippen LogP contribution in [-0.2, 0) is 11.3 Å². The highest BCUT2D eigenvalue weighted by Gasteiger charge is 2.07. The molecule has 1 aromatic carbocycles. The van der Waals surface area contributed by atoms with Crippen molar-refractivity contribution in [3.05, 3.63) is 23.8 Å². The Hall–Kier alpha value is -1.79. The Morgan fingerprint density at radius 3 is 2.67 bits per heavy atom. The summed E-state index contributed by atoms with van der Waals surface area (Å²) in [7, 11) is 1.57. The van der Waals surface area contributed by atoms with E-state index in [2.05, 4.69) is 17.6 Å². The Labute approximate surface area is 126 Å².